The molecule has 160 valence electrons. The number of rotatable bonds is 1. The summed E-state index contributed by atoms with van der Waals surface area (Å²) in [6.45, 7) is 5.21. The average molecular weight is 403 g/mol. The van der Waals surface area contributed by atoms with Gasteiger partial charge in [-0.1, -0.05) is 18.9 Å². The molecule has 0 amide bonds. The molecule has 0 radical (unpaired) electrons. The fourth-order valence-corrected chi connectivity index (χ4v) is 7.69. The minimum Gasteiger partial charge on any atom is -0.386 e. The van der Waals surface area contributed by atoms with E-state index in [9.17, 15) is 10.2 Å². The summed E-state index contributed by atoms with van der Waals surface area (Å²) in [6, 6.07) is 0. The average Bonchev–Trinajstić information content (AvgIpc) is 3.24. The van der Waals surface area contributed by atoms with Gasteiger partial charge in [-0.2, -0.15) is 0 Å². The monoisotopic (exact) mass is 402 g/mol. The van der Waals surface area contributed by atoms with E-state index in [0.29, 0.717) is 44.3 Å². The lowest BCUT2D eigenvalue weighted by atomic mass is 9.50. The highest BCUT2D eigenvalue weighted by molar-refractivity contribution is 5.38. The number of methoxy groups -OCH3 is 1. The lowest BCUT2D eigenvalue weighted by molar-refractivity contribution is -0.281. The Morgan fingerprint density at radius 1 is 1.10 bits per heavy atom. The standard InChI is InChI=1S/C24H34O5/c1-4-8-21(25)11-7-18-17-5-10-22(26)16-23(28-14-15-29-23)12-13-24(22,27-3)19(17)6-9-20(18,21)2/h6,17-18,25-26H,5,7,9-16H2,1-3H3/t17-,18-,20-,21-,22+,24-/m0/s1. The molecule has 2 N–H and O–H groups in total. The Labute approximate surface area is 173 Å². The smallest absolute Gasteiger partial charge is 0.171 e. The fraction of sp³-hybridized carbons (Fsp3) is 0.833. The van der Waals surface area contributed by atoms with Crippen molar-refractivity contribution in [3.05, 3.63) is 11.6 Å². The lowest BCUT2D eigenvalue weighted by Crippen LogP contribution is -2.68. The second-order valence-corrected chi connectivity index (χ2v) is 10.2. The zero-order valence-electron chi connectivity index (χ0n) is 17.9. The van der Waals surface area contributed by atoms with Crippen LogP contribution in [0.1, 0.15) is 65.2 Å². The molecule has 0 aromatic carbocycles. The maximum atomic E-state index is 11.9. The number of allylic oxidation sites excluding steroid dienone is 1. The van der Waals surface area contributed by atoms with Crippen molar-refractivity contribution in [2.45, 2.75) is 87.8 Å². The van der Waals surface area contributed by atoms with Crippen molar-refractivity contribution < 1.29 is 24.4 Å². The highest BCUT2D eigenvalue weighted by atomic mass is 16.7. The van der Waals surface area contributed by atoms with E-state index < -0.39 is 22.6 Å². The van der Waals surface area contributed by atoms with E-state index in [4.69, 9.17) is 14.2 Å². The van der Waals surface area contributed by atoms with Crippen molar-refractivity contribution in [1.29, 1.82) is 0 Å². The summed E-state index contributed by atoms with van der Waals surface area (Å²) in [4.78, 5) is 0. The predicted octanol–water partition coefficient (Wildman–Crippen LogP) is 2.94. The molecule has 4 aliphatic carbocycles. The molecule has 1 spiro atoms. The predicted molar refractivity (Wildman–Crippen MR) is 108 cm³/mol. The number of fused-ring (bicyclic) bond motifs is 5. The molecule has 0 bridgehead atoms. The maximum Gasteiger partial charge on any atom is 0.171 e. The Morgan fingerprint density at radius 3 is 2.55 bits per heavy atom. The van der Waals surface area contributed by atoms with Crippen LogP contribution in [0, 0.1) is 29.1 Å². The zero-order valence-corrected chi connectivity index (χ0v) is 17.9. The molecule has 3 saturated carbocycles. The van der Waals surface area contributed by atoms with Crippen LogP contribution in [0.5, 0.6) is 0 Å². The van der Waals surface area contributed by atoms with Gasteiger partial charge in [0.05, 0.1) is 13.2 Å². The van der Waals surface area contributed by atoms with E-state index in [1.54, 1.807) is 7.11 Å². The Bertz CT molecular complexity index is 789. The molecule has 0 aromatic heterocycles. The van der Waals surface area contributed by atoms with Gasteiger partial charge >= 0.3 is 0 Å². The van der Waals surface area contributed by atoms with Crippen LogP contribution < -0.4 is 0 Å². The van der Waals surface area contributed by atoms with Crippen LogP contribution in [0.2, 0.25) is 0 Å². The molecule has 5 nitrogen and oxygen atoms in total. The molecule has 0 aromatic rings. The third kappa shape index (κ3) is 2.41. The molecule has 29 heavy (non-hydrogen) atoms. The van der Waals surface area contributed by atoms with Crippen molar-refractivity contribution in [3.63, 3.8) is 0 Å². The zero-order chi connectivity index (χ0) is 20.5. The van der Waals surface area contributed by atoms with Crippen molar-refractivity contribution in [1.82, 2.24) is 0 Å². The summed E-state index contributed by atoms with van der Waals surface area (Å²) in [5.74, 6) is 6.13. The molecule has 0 unspecified atom stereocenters. The van der Waals surface area contributed by atoms with Gasteiger partial charge in [0, 0.05) is 25.4 Å². The van der Waals surface area contributed by atoms with Gasteiger partial charge in [0.25, 0.3) is 0 Å². The lowest BCUT2D eigenvalue weighted by Gasteiger charge is -2.61. The SMILES string of the molecule is CC#C[C@]1(O)CC[C@H]2[C@@H]3CC[C@@]4(O)CC5(CC[C@]4(OC)C3=CC[C@@]21C)OCCO5. The number of hydrogen-bond acceptors (Lipinski definition) is 5. The fourth-order valence-electron chi connectivity index (χ4n) is 7.69. The molecule has 5 aliphatic rings. The number of ether oxygens (including phenoxy) is 3. The Hall–Kier alpha value is -0.900. The van der Waals surface area contributed by atoms with E-state index in [1.807, 2.05) is 6.92 Å². The first-order valence-corrected chi connectivity index (χ1v) is 11.2. The van der Waals surface area contributed by atoms with Crippen LogP contribution in [0.15, 0.2) is 11.6 Å². The largest absolute Gasteiger partial charge is 0.386 e. The molecule has 6 atom stereocenters. The van der Waals surface area contributed by atoms with Gasteiger partial charge in [-0.05, 0) is 62.9 Å². The first kappa shape index (κ1) is 20.0. The number of aliphatic hydroxyl groups is 2. The minimum atomic E-state index is -0.988. The molecule has 5 rings (SSSR count). The third-order valence-electron chi connectivity index (χ3n) is 9.21. The second-order valence-electron chi connectivity index (χ2n) is 10.2. The normalized spacial score (nSPS) is 50.2. The summed E-state index contributed by atoms with van der Waals surface area (Å²) in [5.41, 5.74) is -1.60. The Morgan fingerprint density at radius 2 is 1.86 bits per heavy atom. The van der Waals surface area contributed by atoms with Gasteiger partial charge in [-0.25, -0.2) is 0 Å². The van der Waals surface area contributed by atoms with Gasteiger partial charge in [-0.15, -0.1) is 5.92 Å². The van der Waals surface area contributed by atoms with Crippen LogP contribution in [-0.4, -0.2) is 53.1 Å². The highest BCUT2D eigenvalue weighted by Gasteiger charge is 2.68. The van der Waals surface area contributed by atoms with E-state index >= 15 is 0 Å². The topological polar surface area (TPSA) is 68.2 Å². The third-order valence-corrected chi connectivity index (χ3v) is 9.21. The summed E-state index contributed by atoms with van der Waals surface area (Å²) >= 11 is 0. The van der Waals surface area contributed by atoms with Crippen molar-refractivity contribution in [3.8, 4) is 11.8 Å². The van der Waals surface area contributed by atoms with E-state index in [-0.39, 0.29) is 5.41 Å². The summed E-state index contributed by atoms with van der Waals surface area (Å²) in [5, 5.41) is 23.3. The summed E-state index contributed by atoms with van der Waals surface area (Å²) in [6.07, 6.45) is 8.21. The molecule has 1 aliphatic heterocycles. The van der Waals surface area contributed by atoms with Crippen LogP contribution in [0.3, 0.4) is 0 Å². The van der Waals surface area contributed by atoms with Crippen LogP contribution in [-0.2, 0) is 14.2 Å². The quantitative estimate of drug-likeness (QED) is 0.521. The maximum absolute atomic E-state index is 11.9. The van der Waals surface area contributed by atoms with Gasteiger partial charge in [0.15, 0.2) is 5.79 Å². The molecule has 4 fully saturated rings. The first-order chi connectivity index (χ1) is 13.8. The molecule has 1 heterocycles. The van der Waals surface area contributed by atoms with Crippen LogP contribution >= 0.6 is 0 Å². The molecule has 5 heteroatoms. The first-order valence-electron chi connectivity index (χ1n) is 11.2. The van der Waals surface area contributed by atoms with Crippen LogP contribution in [0.4, 0.5) is 0 Å². The van der Waals surface area contributed by atoms with Crippen molar-refractivity contribution in [2.75, 3.05) is 20.3 Å². The minimum absolute atomic E-state index is 0.248. The summed E-state index contributed by atoms with van der Waals surface area (Å²) < 4.78 is 18.1. The van der Waals surface area contributed by atoms with Crippen molar-refractivity contribution in [2.24, 2.45) is 17.3 Å². The van der Waals surface area contributed by atoms with Crippen LogP contribution in [0.25, 0.3) is 0 Å². The Balaban J connectivity index is 1.54. The number of hydrogen-bond donors (Lipinski definition) is 2. The van der Waals surface area contributed by atoms with E-state index in [0.717, 1.165) is 32.1 Å². The van der Waals surface area contributed by atoms with Gasteiger partial charge in [-0.3, -0.25) is 0 Å². The van der Waals surface area contributed by atoms with Gasteiger partial charge in [0.1, 0.15) is 16.8 Å². The van der Waals surface area contributed by atoms with E-state index in [1.165, 1.54) is 5.57 Å². The highest BCUT2D eigenvalue weighted by Crippen LogP contribution is 2.66. The van der Waals surface area contributed by atoms with Gasteiger partial charge < -0.3 is 24.4 Å². The van der Waals surface area contributed by atoms with Crippen molar-refractivity contribution >= 4 is 0 Å². The summed E-state index contributed by atoms with van der Waals surface area (Å²) in [7, 11) is 1.74. The van der Waals surface area contributed by atoms with E-state index in [2.05, 4.69) is 24.8 Å². The molecular weight excluding hydrogens is 368 g/mol. The molecular formula is C24H34O5. The second kappa shape index (κ2) is 6.31. The Kier molecular flexibility index (Phi) is 4.36. The van der Waals surface area contributed by atoms with Gasteiger partial charge in [0.2, 0.25) is 0 Å². The molecule has 1 saturated heterocycles.